The molecule has 0 fully saturated rings. The molecular formula is C16H18N2O3. The van der Waals surface area contributed by atoms with Gasteiger partial charge in [0.2, 0.25) is 0 Å². The lowest BCUT2D eigenvalue weighted by molar-refractivity contribution is 0.0540. The molecule has 0 amide bonds. The van der Waals surface area contributed by atoms with Gasteiger partial charge in [-0.1, -0.05) is 0 Å². The first-order valence-corrected chi connectivity index (χ1v) is 6.65. The average Bonchev–Trinajstić information content (AvgIpc) is 2.86. The van der Waals surface area contributed by atoms with Crippen LogP contribution in [0.2, 0.25) is 0 Å². The summed E-state index contributed by atoms with van der Waals surface area (Å²) in [7, 11) is 0. The number of nitrogens with zero attached hydrogens (tertiary/aromatic N) is 2. The highest BCUT2D eigenvalue weighted by Gasteiger charge is 2.20. The fourth-order valence-electron chi connectivity index (χ4n) is 1.86. The first kappa shape index (κ1) is 15.0. The number of Topliss-reactive ketones (excluding diaryl/α,β-unsaturated/α-hetero) is 1. The van der Waals surface area contributed by atoms with Gasteiger partial charge in [0.05, 0.1) is 5.69 Å². The van der Waals surface area contributed by atoms with Gasteiger partial charge in [-0.25, -0.2) is 4.79 Å². The van der Waals surface area contributed by atoms with Crippen molar-refractivity contribution in [3.05, 3.63) is 42.4 Å². The predicted molar refractivity (Wildman–Crippen MR) is 79.3 cm³/mol. The van der Waals surface area contributed by atoms with E-state index in [9.17, 15) is 9.59 Å². The van der Waals surface area contributed by atoms with Gasteiger partial charge in [0.1, 0.15) is 5.60 Å². The molecule has 0 saturated heterocycles. The van der Waals surface area contributed by atoms with E-state index in [4.69, 9.17) is 4.74 Å². The van der Waals surface area contributed by atoms with Gasteiger partial charge >= 0.3 is 6.09 Å². The second-order valence-electron chi connectivity index (χ2n) is 5.76. The van der Waals surface area contributed by atoms with E-state index in [0.29, 0.717) is 16.8 Å². The Labute approximate surface area is 123 Å². The molecule has 110 valence electrons. The van der Waals surface area contributed by atoms with Gasteiger partial charge in [-0.05, 0) is 45.9 Å². The Bertz CT molecular complexity index is 681. The first-order chi connectivity index (χ1) is 9.78. The molecule has 5 nitrogen and oxygen atoms in total. The zero-order valence-corrected chi connectivity index (χ0v) is 12.6. The summed E-state index contributed by atoms with van der Waals surface area (Å²) in [6, 6.07) is 5.25. The maximum absolute atomic E-state index is 12.2. The number of pyridine rings is 1. The number of ketones is 1. The van der Waals surface area contributed by atoms with Gasteiger partial charge in [-0.2, -0.15) is 0 Å². The number of rotatable bonds is 2. The molecule has 0 aliphatic carbocycles. The van der Waals surface area contributed by atoms with Crippen molar-refractivity contribution in [2.24, 2.45) is 0 Å². The molecule has 0 N–H and O–H groups in total. The molecule has 0 aliphatic rings. The standard InChI is InChI=1S/C16H18N2O3/c1-11(19)12-8-13(10-17-9-12)14-6-5-7-18(14)15(20)21-16(2,3)4/h5-10H,1-4H3. The molecule has 2 aromatic heterocycles. The third-order valence-electron chi connectivity index (χ3n) is 2.78. The molecule has 2 heterocycles. The van der Waals surface area contributed by atoms with Crippen LogP contribution < -0.4 is 0 Å². The maximum Gasteiger partial charge on any atom is 0.418 e. The van der Waals surface area contributed by atoms with E-state index >= 15 is 0 Å². The predicted octanol–water partition coefficient (Wildman–Crippen LogP) is 3.54. The van der Waals surface area contributed by atoms with E-state index in [1.165, 1.54) is 17.7 Å². The molecule has 0 spiro atoms. The highest BCUT2D eigenvalue weighted by Crippen LogP contribution is 2.22. The van der Waals surface area contributed by atoms with Crippen molar-refractivity contribution in [2.75, 3.05) is 0 Å². The largest absolute Gasteiger partial charge is 0.443 e. The lowest BCUT2D eigenvalue weighted by Gasteiger charge is -2.20. The van der Waals surface area contributed by atoms with Gasteiger partial charge in [0, 0.05) is 29.7 Å². The zero-order chi connectivity index (χ0) is 15.6. The van der Waals surface area contributed by atoms with Crippen molar-refractivity contribution >= 4 is 11.9 Å². The Morgan fingerprint density at radius 3 is 2.57 bits per heavy atom. The summed E-state index contributed by atoms with van der Waals surface area (Å²) in [4.78, 5) is 27.7. The van der Waals surface area contributed by atoms with E-state index in [0.717, 1.165) is 0 Å². The Kier molecular flexibility index (Phi) is 3.93. The van der Waals surface area contributed by atoms with Crippen LogP contribution in [-0.2, 0) is 4.74 Å². The van der Waals surface area contributed by atoms with Crippen LogP contribution in [0.3, 0.4) is 0 Å². The summed E-state index contributed by atoms with van der Waals surface area (Å²) in [6.07, 6.45) is 4.29. The molecule has 5 heteroatoms. The molecule has 21 heavy (non-hydrogen) atoms. The summed E-state index contributed by atoms with van der Waals surface area (Å²) in [5, 5.41) is 0. The van der Waals surface area contributed by atoms with E-state index in [2.05, 4.69) is 4.98 Å². The summed E-state index contributed by atoms with van der Waals surface area (Å²) in [5.74, 6) is -0.0697. The van der Waals surface area contributed by atoms with Gasteiger partial charge in [-0.15, -0.1) is 0 Å². The van der Waals surface area contributed by atoms with Crippen molar-refractivity contribution in [2.45, 2.75) is 33.3 Å². The lowest BCUT2D eigenvalue weighted by atomic mass is 10.1. The number of hydrogen-bond donors (Lipinski definition) is 0. The first-order valence-electron chi connectivity index (χ1n) is 6.65. The smallest absolute Gasteiger partial charge is 0.418 e. The molecule has 0 unspecified atom stereocenters. The minimum Gasteiger partial charge on any atom is -0.443 e. The maximum atomic E-state index is 12.2. The van der Waals surface area contributed by atoms with Crippen molar-refractivity contribution in [3.8, 4) is 11.3 Å². The second kappa shape index (κ2) is 5.52. The topological polar surface area (TPSA) is 61.2 Å². The van der Waals surface area contributed by atoms with Crippen molar-refractivity contribution in [3.63, 3.8) is 0 Å². The summed E-state index contributed by atoms with van der Waals surface area (Å²) in [6.45, 7) is 6.91. The quantitative estimate of drug-likeness (QED) is 0.792. The average molecular weight is 286 g/mol. The number of hydrogen-bond acceptors (Lipinski definition) is 4. The normalized spacial score (nSPS) is 11.2. The van der Waals surface area contributed by atoms with Gasteiger partial charge < -0.3 is 4.74 Å². The number of aromatic nitrogens is 2. The van der Waals surface area contributed by atoms with E-state index in [1.54, 1.807) is 30.6 Å². The summed E-state index contributed by atoms with van der Waals surface area (Å²) < 4.78 is 6.77. The molecule has 0 radical (unpaired) electrons. The Morgan fingerprint density at radius 2 is 1.95 bits per heavy atom. The van der Waals surface area contributed by atoms with Crippen LogP contribution in [0.5, 0.6) is 0 Å². The van der Waals surface area contributed by atoms with Gasteiger partial charge in [0.25, 0.3) is 0 Å². The molecule has 0 saturated carbocycles. The zero-order valence-electron chi connectivity index (χ0n) is 12.6. The van der Waals surface area contributed by atoms with E-state index in [1.807, 2.05) is 20.8 Å². The fraction of sp³-hybridized carbons (Fsp3) is 0.312. The molecule has 2 aromatic rings. The molecule has 0 aromatic carbocycles. The number of carbonyl (C=O) groups excluding carboxylic acids is 2. The second-order valence-corrected chi connectivity index (χ2v) is 5.76. The van der Waals surface area contributed by atoms with Gasteiger partial charge in [0.15, 0.2) is 5.78 Å². The minimum atomic E-state index is -0.571. The molecular weight excluding hydrogens is 268 g/mol. The molecule has 2 rings (SSSR count). The minimum absolute atomic E-state index is 0.0697. The number of ether oxygens (including phenoxy) is 1. The highest BCUT2D eigenvalue weighted by atomic mass is 16.6. The monoisotopic (exact) mass is 286 g/mol. The van der Waals surface area contributed by atoms with E-state index < -0.39 is 11.7 Å². The summed E-state index contributed by atoms with van der Waals surface area (Å²) >= 11 is 0. The van der Waals surface area contributed by atoms with Crippen molar-refractivity contribution < 1.29 is 14.3 Å². The van der Waals surface area contributed by atoms with Crippen LogP contribution in [0.4, 0.5) is 4.79 Å². The Balaban J connectivity index is 2.39. The number of carbonyl (C=O) groups is 2. The Hall–Kier alpha value is -2.43. The van der Waals surface area contributed by atoms with E-state index in [-0.39, 0.29) is 5.78 Å². The third kappa shape index (κ3) is 3.56. The fourth-order valence-corrected chi connectivity index (χ4v) is 1.86. The molecule has 0 bridgehead atoms. The van der Waals surface area contributed by atoms with Crippen LogP contribution in [0, 0.1) is 0 Å². The molecule has 0 aliphatic heterocycles. The lowest BCUT2D eigenvalue weighted by Crippen LogP contribution is -2.27. The summed E-state index contributed by atoms with van der Waals surface area (Å²) in [5.41, 5.74) is 1.26. The van der Waals surface area contributed by atoms with Crippen LogP contribution >= 0.6 is 0 Å². The van der Waals surface area contributed by atoms with Crippen LogP contribution in [0.15, 0.2) is 36.8 Å². The van der Waals surface area contributed by atoms with Crippen molar-refractivity contribution in [1.29, 1.82) is 0 Å². The Morgan fingerprint density at radius 1 is 1.24 bits per heavy atom. The molecule has 0 atom stereocenters. The SMILES string of the molecule is CC(=O)c1cncc(-c2cccn2C(=O)OC(C)(C)C)c1. The van der Waals surface area contributed by atoms with Crippen LogP contribution in [-0.4, -0.2) is 27.0 Å². The third-order valence-corrected chi connectivity index (χ3v) is 2.78. The highest BCUT2D eigenvalue weighted by molar-refractivity contribution is 5.95. The van der Waals surface area contributed by atoms with Crippen molar-refractivity contribution in [1.82, 2.24) is 9.55 Å². The van der Waals surface area contributed by atoms with Crippen LogP contribution in [0.1, 0.15) is 38.1 Å². The van der Waals surface area contributed by atoms with Crippen LogP contribution in [0.25, 0.3) is 11.3 Å². The van der Waals surface area contributed by atoms with Gasteiger partial charge in [-0.3, -0.25) is 14.3 Å².